The number of hydrogen-bond acceptors (Lipinski definition) is 1. The second-order valence-electron chi connectivity index (χ2n) is 6.33. The van der Waals surface area contributed by atoms with Crippen LogP contribution in [0, 0.1) is 20.8 Å². The van der Waals surface area contributed by atoms with E-state index in [0.29, 0.717) is 4.83 Å². The van der Waals surface area contributed by atoms with E-state index in [4.69, 9.17) is 0 Å². The summed E-state index contributed by atoms with van der Waals surface area (Å²) in [5.41, 5.74) is 7.22. The highest BCUT2D eigenvalue weighted by Gasteiger charge is 2.20. The summed E-state index contributed by atoms with van der Waals surface area (Å²) < 4.78 is 0. The normalized spacial score (nSPS) is 16.4. The van der Waals surface area contributed by atoms with Gasteiger partial charge in [0.05, 0.1) is 4.83 Å². The van der Waals surface area contributed by atoms with Gasteiger partial charge in [0.15, 0.2) is 0 Å². The maximum Gasteiger partial charge on any atom is 0.0743 e. The Kier molecular flexibility index (Phi) is 4.56. The number of hydrogen-bond donors (Lipinski definition) is 0. The van der Waals surface area contributed by atoms with Gasteiger partial charge in [0.2, 0.25) is 0 Å². The second-order valence-corrected chi connectivity index (χ2v) is 8.42. The maximum absolute atomic E-state index is 3.98. The Labute approximate surface area is 140 Å². The van der Waals surface area contributed by atoms with Crippen LogP contribution in [0.3, 0.4) is 0 Å². The van der Waals surface area contributed by atoms with Crippen LogP contribution in [0.2, 0.25) is 0 Å². The minimum Gasteiger partial charge on any atom is -0.144 e. The van der Waals surface area contributed by atoms with Gasteiger partial charge >= 0.3 is 0 Å². The zero-order valence-corrected chi connectivity index (χ0v) is 15.5. The summed E-state index contributed by atoms with van der Waals surface area (Å²) in [7, 11) is 0. The SMILES string of the molecule is Cc1cc(C)c(C(Br)c2cc3c(s2)CCCCC3)c(C)c1. The van der Waals surface area contributed by atoms with Crippen LogP contribution in [0.5, 0.6) is 0 Å². The smallest absolute Gasteiger partial charge is 0.0743 e. The summed E-state index contributed by atoms with van der Waals surface area (Å²) in [5, 5.41) is 0. The van der Waals surface area contributed by atoms with Crippen LogP contribution in [0.25, 0.3) is 0 Å². The molecule has 0 N–H and O–H groups in total. The molecule has 0 spiro atoms. The van der Waals surface area contributed by atoms with Gasteiger partial charge in [-0.3, -0.25) is 0 Å². The van der Waals surface area contributed by atoms with Crippen molar-refractivity contribution in [1.82, 2.24) is 0 Å². The fraction of sp³-hybridized carbons (Fsp3) is 0.474. The summed E-state index contributed by atoms with van der Waals surface area (Å²) in [6.07, 6.45) is 6.68. The molecule has 2 aromatic rings. The van der Waals surface area contributed by atoms with Crippen LogP contribution < -0.4 is 0 Å². The topological polar surface area (TPSA) is 0 Å². The number of fused-ring (bicyclic) bond motifs is 1. The molecule has 0 saturated heterocycles. The number of thiophene rings is 1. The van der Waals surface area contributed by atoms with Gasteiger partial charge in [0.1, 0.15) is 0 Å². The van der Waals surface area contributed by atoms with E-state index < -0.39 is 0 Å². The quantitative estimate of drug-likeness (QED) is 0.426. The molecule has 3 rings (SSSR count). The molecule has 1 aliphatic carbocycles. The Morgan fingerprint density at radius 3 is 2.33 bits per heavy atom. The van der Waals surface area contributed by atoms with Crippen LogP contribution in [0.1, 0.15) is 61.7 Å². The predicted octanol–water partition coefficient (Wildman–Crippen LogP) is 6.43. The Bertz CT molecular complexity index is 607. The van der Waals surface area contributed by atoms with E-state index in [0.717, 1.165) is 0 Å². The summed E-state index contributed by atoms with van der Waals surface area (Å²) >= 11 is 6.00. The molecule has 0 bridgehead atoms. The summed E-state index contributed by atoms with van der Waals surface area (Å²) in [4.78, 5) is 3.46. The van der Waals surface area contributed by atoms with Crippen molar-refractivity contribution in [1.29, 1.82) is 0 Å². The molecule has 1 atom stereocenters. The summed E-state index contributed by atoms with van der Waals surface area (Å²) in [5.74, 6) is 0. The first kappa shape index (κ1) is 15.3. The van der Waals surface area contributed by atoms with Crippen LogP contribution in [0.4, 0.5) is 0 Å². The molecule has 21 heavy (non-hydrogen) atoms. The number of halogens is 1. The Hall–Kier alpha value is -0.600. The fourth-order valence-electron chi connectivity index (χ4n) is 3.55. The average Bonchev–Trinajstić information content (AvgIpc) is 2.69. The van der Waals surface area contributed by atoms with Gasteiger partial charge in [0, 0.05) is 9.75 Å². The summed E-state index contributed by atoms with van der Waals surface area (Å²) in [6.45, 7) is 6.66. The lowest BCUT2D eigenvalue weighted by atomic mass is 9.96. The van der Waals surface area contributed by atoms with Gasteiger partial charge in [-0.2, -0.15) is 0 Å². The first-order chi connectivity index (χ1) is 10.1. The van der Waals surface area contributed by atoms with Gasteiger partial charge in [-0.15, -0.1) is 11.3 Å². The lowest BCUT2D eigenvalue weighted by Gasteiger charge is -2.16. The van der Waals surface area contributed by atoms with Crippen LogP contribution >= 0.6 is 27.3 Å². The monoisotopic (exact) mass is 362 g/mol. The first-order valence-corrected chi connectivity index (χ1v) is 9.63. The maximum atomic E-state index is 3.98. The molecule has 0 amide bonds. The van der Waals surface area contributed by atoms with E-state index >= 15 is 0 Å². The lowest BCUT2D eigenvalue weighted by Crippen LogP contribution is -1.98. The highest BCUT2D eigenvalue weighted by molar-refractivity contribution is 9.09. The Morgan fingerprint density at radius 1 is 0.952 bits per heavy atom. The predicted molar refractivity (Wildman–Crippen MR) is 97.0 cm³/mol. The zero-order valence-electron chi connectivity index (χ0n) is 13.1. The van der Waals surface area contributed by atoms with Crippen molar-refractivity contribution in [2.45, 2.75) is 57.7 Å². The molecular formula is C19H23BrS. The van der Waals surface area contributed by atoms with Crippen molar-refractivity contribution in [2.24, 2.45) is 0 Å². The Morgan fingerprint density at radius 2 is 1.62 bits per heavy atom. The van der Waals surface area contributed by atoms with Crippen molar-refractivity contribution in [3.63, 3.8) is 0 Å². The van der Waals surface area contributed by atoms with Gasteiger partial charge in [-0.05, 0) is 74.8 Å². The van der Waals surface area contributed by atoms with Crippen molar-refractivity contribution in [3.05, 3.63) is 55.8 Å². The van der Waals surface area contributed by atoms with E-state index in [1.807, 2.05) is 11.3 Å². The number of alkyl halides is 1. The van der Waals surface area contributed by atoms with E-state index in [9.17, 15) is 0 Å². The van der Waals surface area contributed by atoms with E-state index in [1.165, 1.54) is 59.2 Å². The molecule has 0 radical (unpaired) electrons. The third kappa shape index (κ3) is 3.12. The largest absolute Gasteiger partial charge is 0.144 e. The van der Waals surface area contributed by atoms with Crippen molar-refractivity contribution < 1.29 is 0 Å². The number of rotatable bonds is 2. The van der Waals surface area contributed by atoms with Crippen LogP contribution in [-0.4, -0.2) is 0 Å². The minimum absolute atomic E-state index is 0.343. The first-order valence-electron chi connectivity index (χ1n) is 7.89. The Balaban J connectivity index is 1.97. The number of benzene rings is 1. The van der Waals surface area contributed by atoms with Gasteiger partial charge in [-0.1, -0.05) is 40.0 Å². The molecule has 0 aliphatic heterocycles. The van der Waals surface area contributed by atoms with E-state index in [2.05, 4.69) is 54.9 Å². The fourth-order valence-corrected chi connectivity index (χ4v) is 5.93. The zero-order chi connectivity index (χ0) is 15.0. The molecule has 1 unspecified atom stereocenters. The third-order valence-corrected chi connectivity index (χ3v) is 7.06. The van der Waals surface area contributed by atoms with Crippen molar-refractivity contribution >= 4 is 27.3 Å². The van der Waals surface area contributed by atoms with E-state index in [1.54, 1.807) is 10.4 Å². The van der Waals surface area contributed by atoms with Crippen LogP contribution in [0.15, 0.2) is 18.2 Å². The minimum atomic E-state index is 0.343. The molecule has 0 saturated carbocycles. The van der Waals surface area contributed by atoms with Gasteiger partial charge in [0.25, 0.3) is 0 Å². The molecule has 1 aromatic heterocycles. The molecular weight excluding hydrogens is 340 g/mol. The third-order valence-electron chi connectivity index (χ3n) is 4.51. The molecule has 0 fully saturated rings. The second kappa shape index (κ2) is 6.26. The van der Waals surface area contributed by atoms with Gasteiger partial charge < -0.3 is 0 Å². The molecule has 112 valence electrons. The molecule has 0 nitrogen and oxygen atoms in total. The average molecular weight is 363 g/mol. The highest BCUT2D eigenvalue weighted by atomic mass is 79.9. The lowest BCUT2D eigenvalue weighted by molar-refractivity contribution is 0.712. The molecule has 1 heterocycles. The summed E-state index contributed by atoms with van der Waals surface area (Å²) in [6, 6.07) is 7.06. The number of aryl methyl sites for hydroxylation is 5. The van der Waals surface area contributed by atoms with Gasteiger partial charge in [-0.25, -0.2) is 0 Å². The van der Waals surface area contributed by atoms with Crippen molar-refractivity contribution in [2.75, 3.05) is 0 Å². The standard InChI is InChI=1S/C19H23BrS/c1-12-9-13(2)18(14(3)10-12)19(20)17-11-15-7-5-4-6-8-16(15)21-17/h9-11,19H,4-8H2,1-3H3. The van der Waals surface area contributed by atoms with Crippen LogP contribution in [-0.2, 0) is 12.8 Å². The van der Waals surface area contributed by atoms with E-state index in [-0.39, 0.29) is 0 Å². The molecule has 1 aromatic carbocycles. The van der Waals surface area contributed by atoms with Crippen molar-refractivity contribution in [3.8, 4) is 0 Å². The molecule has 2 heteroatoms. The molecule has 1 aliphatic rings. The highest BCUT2D eigenvalue weighted by Crippen LogP contribution is 2.41.